The van der Waals surface area contributed by atoms with Gasteiger partial charge in [0.2, 0.25) is 5.78 Å². The molecular weight excluding hydrogens is 440 g/mol. The minimum absolute atomic E-state index is 0.121. The van der Waals surface area contributed by atoms with E-state index in [0.717, 1.165) is 25.9 Å². The smallest absolute Gasteiger partial charge is 0.290 e. The third kappa shape index (κ3) is 4.77. The first kappa shape index (κ1) is 23.3. The maximum Gasteiger partial charge on any atom is 0.290 e. The minimum Gasteiger partial charge on any atom is -0.503 e. The molecule has 1 unspecified atom stereocenters. The third-order valence-corrected chi connectivity index (χ3v) is 6.90. The van der Waals surface area contributed by atoms with Crippen molar-refractivity contribution in [2.24, 2.45) is 0 Å². The van der Waals surface area contributed by atoms with Gasteiger partial charge in [-0.25, -0.2) is 0 Å². The van der Waals surface area contributed by atoms with E-state index in [1.54, 1.807) is 23.1 Å². The summed E-state index contributed by atoms with van der Waals surface area (Å²) in [6.45, 7) is 7.87. The molecule has 2 aliphatic heterocycles. The van der Waals surface area contributed by atoms with E-state index in [9.17, 15) is 14.7 Å². The lowest BCUT2D eigenvalue weighted by Gasteiger charge is -2.29. The van der Waals surface area contributed by atoms with Crippen molar-refractivity contribution in [2.45, 2.75) is 32.7 Å². The number of thiophene rings is 1. The van der Waals surface area contributed by atoms with Crippen LogP contribution in [0.25, 0.3) is 0 Å². The fourth-order valence-electron chi connectivity index (χ4n) is 4.50. The number of aliphatic hydroxyl groups excluding tert-OH is 1. The molecule has 4 rings (SSSR count). The highest BCUT2D eigenvalue weighted by molar-refractivity contribution is 7.12. The first-order chi connectivity index (χ1) is 16.0. The van der Waals surface area contributed by atoms with Crippen LogP contribution in [0.3, 0.4) is 0 Å². The van der Waals surface area contributed by atoms with Crippen molar-refractivity contribution in [1.29, 1.82) is 0 Å². The van der Waals surface area contributed by atoms with Crippen LogP contribution < -0.4 is 9.47 Å². The highest BCUT2D eigenvalue weighted by Crippen LogP contribution is 2.42. The highest BCUT2D eigenvalue weighted by atomic mass is 32.1. The van der Waals surface area contributed by atoms with Crippen LogP contribution in [0.1, 0.15) is 48.0 Å². The Hall–Kier alpha value is -2.84. The summed E-state index contributed by atoms with van der Waals surface area (Å²) < 4.78 is 11.5. The van der Waals surface area contributed by atoms with Gasteiger partial charge in [0.05, 0.1) is 29.7 Å². The number of hydrogen-bond acceptors (Lipinski definition) is 7. The molecular formula is C25H30N2O5S. The number of carbonyl (C=O) groups excluding carboxylic acids is 2. The molecule has 1 amide bonds. The zero-order valence-corrected chi connectivity index (χ0v) is 19.9. The van der Waals surface area contributed by atoms with E-state index in [-0.39, 0.29) is 11.4 Å². The van der Waals surface area contributed by atoms with Crippen molar-refractivity contribution in [2.75, 3.05) is 39.4 Å². The second kappa shape index (κ2) is 10.4. The van der Waals surface area contributed by atoms with Crippen molar-refractivity contribution in [3.05, 3.63) is 57.5 Å². The van der Waals surface area contributed by atoms with Gasteiger partial charge in [0.25, 0.3) is 5.91 Å². The molecule has 0 saturated carbocycles. The second-order valence-corrected chi connectivity index (χ2v) is 9.04. The van der Waals surface area contributed by atoms with Gasteiger partial charge in [0.15, 0.2) is 17.3 Å². The molecule has 1 saturated heterocycles. The largest absolute Gasteiger partial charge is 0.503 e. The zero-order chi connectivity index (χ0) is 23.4. The Labute approximate surface area is 198 Å². The predicted octanol–water partition coefficient (Wildman–Crippen LogP) is 4.22. The van der Waals surface area contributed by atoms with Crippen LogP contribution in [0, 0.1) is 0 Å². The van der Waals surface area contributed by atoms with E-state index in [4.69, 9.17) is 9.47 Å². The first-order valence-electron chi connectivity index (χ1n) is 11.5. The zero-order valence-electron chi connectivity index (χ0n) is 19.1. The van der Waals surface area contributed by atoms with E-state index in [1.807, 2.05) is 31.4 Å². The average Bonchev–Trinajstić information content (AvgIpc) is 3.57. The normalized spacial score (nSPS) is 18.9. The molecule has 7 nitrogen and oxygen atoms in total. The molecule has 0 aliphatic carbocycles. The molecule has 8 heteroatoms. The van der Waals surface area contributed by atoms with Crippen LogP contribution >= 0.6 is 11.3 Å². The quantitative estimate of drug-likeness (QED) is 0.524. The molecule has 0 radical (unpaired) electrons. The van der Waals surface area contributed by atoms with Crippen molar-refractivity contribution in [1.82, 2.24) is 9.80 Å². The van der Waals surface area contributed by atoms with Crippen molar-refractivity contribution in [3.63, 3.8) is 0 Å². The van der Waals surface area contributed by atoms with Crippen LogP contribution in [-0.4, -0.2) is 66.0 Å². The van der Waals surface area contributed by atoms with E-state index in [0.29, 0.717) is 48.2 Å². The fourth-order valence-corrected chi connectivity index (χ4v) is 5.17. The van der Waals surface area contributed by atoms with Crippen molar-refractivity contribution < 1.29 is 24.2 Å². The average molecular weight is 471 g/mol. The molecule has 2 aliphatic rings. The number of rotatable bonds is 10. The lowest BCUT2D eigenvalue weighted by Crippen LogP contribution is -2.37. The first-order valence-corrected chi connectivity index (χ1v) is 12.4. The predicted molar refractivity (Wildman–Crippen MR) is 127 cm³/mol. The van der Waals surface area contributed by atoms with Gasteiger partial charge in [-0.3, -0.25) is 9.59 Å². The number of hydrogen-bond donors (Lipinski definition) is 1. The molecule has 3 heterocycles. The van der Waals surface area contributed by atoms with Crippen LogP contribution in [-0.2, 0) is 4.79 Å². The number of amides is 1. The Balaban J connectivity index is 1.73. The lowest BCUT2D eigenvalue weighted by molar-refractivity contribution is -0.129. The van der Waals surface area contributed by atoms with Gasteiger partial charge in [0.1, 0.15) is 0 Å². The summed E-state index contributed by atoms with van der Waals surface area (Å²) >= 11 is 1.30. The molecule has 0 bridgehead atoms. The van der Waals surface area contributed by atoms with Crippen molar-refractivity contribution >= 4 is 23.0 Å². The Bertz CT molecular complexity index is 1030. The third-order valence-electron chi connectivity index (χ3n) is 6.03. The Morgan fingerprint density at radius 1 is 1.09 bits per heavy atom. The SMILES string of the molecule is CCOc1ccc(C2C(C(=O)c3cccs3)=C(O)C(=O)N2CCN2CCCC2)cc1OCC. The summed E-state index contributed by atoms with van der Waals surface area (Å²) in [5.41, 5.74) is 0.830. The number of ether oxygens (including phenoxy) is 2. The second-order valence-electron chi connectivity index (χ2n) is 8.09. The Morgan fingerprint density at radius 2 is 1.82 bits per heavy atom. The number of ketones is 1. The fraction of sp³-hybridized carbons (Fsp3) is 0.440. The standard InChI is InChI=1S/C25H30N2O5S/c1-3-31-18-10-9-17(16-19(18)32-4-2)22-21(23(28)20-8-7-15-33-20)24(29)25(30)27(22)14-13-26-11-5-6-12-26/h7-10,15-16,22,29H,3-6,11-14H2,1-2H3. The van der Waals surface area contributed by atoms with Gasteiger partial charge < -0.3 is 24.4 Å². The molecule has 1 aromatic carbocycles. The summed E-state index contributed by atoms with van der Waals surface area (Å²) in [5, 5.41) is 12.6. The summed E-state index contributed by atoms with van der Waals surface area (Å²) in [6, 6.07) is 8.27. The van der Waals surface area contributed by atoms with Crippen LogP contribution in [0.5, 0.6) is 11.5 Å². The molecule has 0 spiro atoms. The van der Waals surface area contributed by atoms with E-state index >= 15 is 0 Å². The van der Waals surface area contributed by atoms with Gasteiger partial charge in [-0.2, -0.15) is 0 Å². The van der Waals surface area contributed by atoms with Gasteiger partial charge in [-0.15, -0.1) is 11.3 Å². The number of Topliss-reactive ketones (excluding diaryl/α,β-unsaturated/α-hetero) is 1. The van der Waals surface area contributed by atoms with Crippen LogP contribution in [0.4, 0.5) is 0 Å². The van der Waals surface area contributed by atoms with Gasteiger partial charge in [-0.1, -0.05) is 12.1 Å². The van der Waals surface area contributed by atoms with Crippen LogP contribution in [0.15, 0.2) is 47.0 Å². The maximum atomic E-state index is 13.4. The summed E-state index contributed by atoms with van der Waals surface area (Å²) in [4.78, 5) is 30.9. The van der Waals surface area contributed by atoms with E-state index in [2.05, 4.69) is 4.90 Å². The molecule has 1 fully saturated rings. The molecule has 2 aromatic rings. The molecule has 1 atom stereocenters. The number of aliphatic hydroxyl groups is 1. The lowest BCUT2D eigenvalue weighted by atomic mass is 9.95. The monoisotopic (exact) mass is 470 g/mol. The van der Waals surface area contributed by atoms with Crippen molar-refractivity contribution in [3.8, 4) is 11.5 Å². The Kier molecular flexibility index (Phi) is 7.35. The number of likely N-dealkylation sites (tertiary alicyclic amines) is 1. The molecule has 1 aromatic heterocycles. The summed E-state index contributed by atoms with van der Waals surface area (Å²) in [6.07, 6.45) is 2.30. The molecule has 33 heavy (non-hydrogen) atoms. The Morgan fingerprint density at radius 3 is 2.48 bits per heavy atom. The van der Waals surface area contributed by atoms with Gasteiger partial charge >= 0.3 is 0 Å². The van der Waals surface area contributed by atoms with Gasteiger partial charge in [0, 0.05) is 13.1 Å². The number of nitrogens with zero attached hydrogens (tertiary/aromatic N) is 2. The number of benzene rings is 1. The minimum atomic E-state index is -0.690. The topological polar surface area (TPSA) is 79.3 Å². The molecule has 176 valence electrons. The summed E-state index contributed by atoms with van der Waals surface area (Å²) in [7, 11) is 0. The van der Waals surface area contributed by atoms with E-state index in [1.165, 1.54) is 11.3 Å². The van der Waals surface area contributed by atoms with Gasteiger partial charge in [-0.05, 0) is 68.9 Å². The number of carbonyl (C=O) groups is 2. The summed E-state index contributed by atoms with van der Waals surface area (Å²) in [5.74, 6) is -0.137. The van der Waals surface area contributed by atoms with E-state index < -0.39 is 17.7 Å². The highest BCUT2D eigenvalue weighted by Gasteiger charge is 2.44. The van der Waals surface area contributed by atoms with Crippen LogP contribution in [0.2, 0.25) is 0 Å². The maximum absolute atomic E-state index is 13.4. The molecule has 1 N–H and O–H groups in total.